The minimum absolute atomic E-state index is 0.104. The molecular formula is C59H46. The van der Waals surface area contributed by atoms with Crippen LogP contribution >= 0.6 is 0 Å². The summed E-state index contributed by atoms with van der Waals surface area (Å²) in [5.74, 6) is 0. The van der Waals surface area contributed by atoms with Gasteiger partial charge in [-0.25, -0.2) is 0 Å². The Hall–Kier alpha value is -6.50. The highest BCUT2D eigenvalue weighted by molar-refractivity contribution is 6.21. The van der Waals surface area contributed by atoms with E-state index in [4.69, 9.17) is 0 Å². The molecule has 0 unspecified atom stereocenters. The van der Waals surface area contributed by atoms with Crippen LogP contribution in [0.3, 0.4) is 0 Å². The summed E-state index contributed by atoms with van der Waals surface area (Å²) in [6, 6.07) is 64.5. The average molecular weight is 755 g/mol. The van der Waals surface area contributed by atoms with E-state index in [1.165, 1.54) is 122 Å². The van der Waals surface area contributed by atoms with Crippen LogP contribution in [0.2, 0.25) is 0 Å². The van der Waals surface area contributed by atoms with Crippen LogP contribution in [0.4, 0.5) is 0 Å². The minimum Gasteiger partial charge on any atom is -0.0622 e. The summed E-state index contributed by atoms with van der Waals surface area (Å²) in [6.07, 6.45) is 0. The Morgan fingerprint density at radius 2 is 0.729 bits per heavy atom. The standard InChI is InChI=1S/C59H46/c1-57(2)49-31-29-36(54-55-44-25-15-17-27-48(44)58(3,4)51(55)34-46-38-20-14-16-26-47(38)59(5,6)56(46)54)32-45(49)39-30-28-37(33-50(39)57)53-42-23-12-10-21-40(42)52(35-18-8-7-9-19-35)41-22-11-13-24-43(41)53/h7-34H,1-6H3. The van der Waals surface area contributed by atoms with Gasteiger partial charge < -0.3 is 0 Å². The van der Waals surface area contributed by atoms with E-state index < -0.39 is 0 Å². The van der Waals surface area contributed by atoms with E-state index in [0.717, 1.165) is 0 Å². The Balaban J connectivity index is 1.09. The summed E-state index contributed by atoms with van der Waals surface area (Å²) in [5.41, 5.74) is 24.2. The molecule has 12 rings (SSSR count). The third kappa shape index (κ3) is 4.50. The molecule has 0 saturated carbocycles. The van der Waals surface area contributed by atoms with E-state index in [-0.39, 0.29) is 16.2 Å². The van der Waals surface area contributed by atoms with E-state index >= 15 is 0 Å². The smallest absolute Gasteiger partial charge is 0.0165 e. The fourth-order valence-corrected chi connectivity index (χ4v) is 11.8. The second-order valence-electron chi connectivity index (χ2n) is 18.8. The summed E-state index contributed by atoms with van der Waals surface area (Å²) in [6.45, 7) is 14.6. The molecule has 0 heterocycles. The van der Waals surface area contributed by atoms with E-state index in [1.807, 2.05) is 0 Å². The summed E-state index contributed by atoms with van der Waals surface area (Å²) in [5, 5.41) is 5.16. The SMILES string of the molecule is CC1(C)c2ccc(-c3c4c(cc5c3C(C)(C)c3ccccc3-5)C(C)(C)c3ccccc3-4)cc2-c2ccc(-c3c4ccccc4c(-c4ccccc4)c4ccccc34)cc21. The van der Waals surface area contributed by atoms with E-state index in [1.54, 1.807) is 0 Å². The monoisotopic (exact) mass is 754 g/mol. The van der Waals surface area contributed by atoms with Crippen molar-refractivity contribution in [1.82, 2.24) is 0 Å². The van der Waals surface area contributed by atoms with Crippen LogP contribution in [-0.4, -0.2) is 0 Å². The van der Waals surface area contributed by atoms with Crippen LogP contribution in [0, 0.1) is 0 Å². The Kier molecular flexibility index (Phi) is 6.91. The molecule has 0 aromatic heterocycles. The van der Waals surface area contributed by atoms with Crippen molar-refractivity contribution >= 4 is 21.5 Å². The van der Waals surface area contributed by atoms with Crippen LogP contribution in [0.15, 0.2) is 170 Å². The summed E-state index contributed by atoms with van der Waals surface area (Å²) in [4.78, 5) is 0. The predicted molar refractivity (Wildman–Crippen MR) is 250 cm³/mol. The zero-order chi connectivity index (χ0) is 40.0. The Morgan fingerprint density at radius 1 is 0.254 bits per heavy atom. The van der Waals surface area contributed by atoms with Crippen LogP contribution < -0.4 is 0 Å². The van der Waals surface area contributed by atoms with Gasteiger partial charge in [0.1, 0.15) is 0 Å². The zero-order valence-electron chi connectivity index (χ0n) is 34.7. The normalized spacial score (nSPS) is 15.7. The highest BCUT2D eigenvalue weighted by atomic mass is 14.5. The molecule has 3 aliphatic rings. The van der Waals surface area contributed by atoms with E-state index in [0.29, 0.717) is 0 Å². The lowest BCUT2D eigenvalue weighted by atomic mass is 9.74. The van der Waals surface area contributed by atoms with Gasteiger partial charge in [-0.3, -0.25) is 0 Å². The van der Waals surface area contributed by atoms with Gasteiger partial charge in [-0.05, 0) is 140 Å². The first-order chi connectivity index (χ1) is 28.6. The van der Waals surface area contributed by atoms with Gasteiger partial charge in [0.15, 0.2) is 0 Å². The van der Waals surface area contributed by atoms with Crippen LogP contribution in [-0.2, 0) is 16.2 Å². The first-order valence-corrected chi connectivity index (χ1v) is 21.3. The highest BCUT2D eigenvalue weighted by Crippen LogP contribution is 2.61. The Labute approximate surface area is 347 Å². The third-order valence-electron chi connectivity index (χ3n) is 14.6. The van der Waals surface area contributed by atoms with Crippen LogP contribution in [0.25, 0.3) is 88.3 Å². The largest absolute Gasteiger partial charge is 0.0622 e. The molecule has 0 radical (unpaired) electrons. The molecule has 9 aromatic rings. The van der Waals surface area contributed by atoms with Crippen molar-refractivity contribution in [2.45, 2.75) is 57.8 Å². The van der Waals surface area contributed by atoms with Crippen molar-refractivity contribution in [3.05, 3.63) is 203 Å². The van der Waals surface area contributed by atoms with Crippen molar-refractivity contribution < 1.29 is 0 Å². The molecule has 3 aliphatic carbocycles. The van der Waals surface area contributed by atoms with Gasteiger partial charge in [0.25, 0.3) is 0 Å². The molecule has 0 fully saturated rings. The molecule has 0 aliphatic heterocycles. The lowest BCUT2D eigenvalue weighted by Crippen LogP contribution is -2.18. The maximum Gasteiger partial charge on any atom is 0.0165 e. The van der Waals surface area contributed by atoms with Gasteiger partial charge in [-0.15, -0.1) is 0 Å². The summed E-state index contributed by atoms with van der Waals surface area (Å²) in [7, 11) is 0. The Bertz CT molecular complexity index is 3220. The Morgan fingerprint density at radius 3 is 1.39 bits per heavy atom. The molecule has 0 N–H and O–H groups in total. The van der Waals surface area contributed by atoms with Crippen molar-refractivity contribution in [3.63, 3.8) is 0 Å². The topological polar surface area (TPSA) is 0 Å². The summed E-state index contributed by atoms with van der Waals surface area (Å²) >= 11 is 0. The first-order valence-electron chi connectivity index (χ1n) is 21.3. The van der Waals surface area contributed by atoms with E-state index in [9.17, 15) is 0 Å². The molecule has 0 nitrogen and oxygen atoms in total. The van der Waals surface area contributed by atoms with Crippen LogP contribution in [0.1, 0.15) is 74.9 Å². The second kappa shape index (κ2) is 11.8. The lowest BCUT2D eigenvalue weighted by molar-refractivity contribution is 0.653. The van der Waals surface area contributed by atoms with Crippen molar-refractivity contribution in [3.8, 4) is 66.8 Å². The molecule has 59 heavy (non-hydrogen) atoms. The molecule has 0 spiro atoms. The van der Waals surface area contributed by atoms with Gasteiger partial charge in [-0.2, -0.15) is 0 Å². The number of fused-ring (bicyclic) bond motifs is 11. The van der Waals surface area contributed by atoms with Crippen molar-refractivity contribution in [2.24, 2.45) is 0 Å². The first kappa shape index (κ1) is 34.5. The number of benzene rings is 9. The lowest BCUT2D eigenvalue weighted by Gasteiger charge is -2.28. The molecule has 0 amide bonds. The summed E-state index contributed by atoms with van der Waals surface area (Å²) < 4.78 is 0. The minimum atomic E-state index is -0.167. The maximum absolute atomic E-state index is 2.55. The number of rotatable bonds is 3. The molecule has 0 bridgehead atoms. The second-order valence-corrected chi connectivity index (χ2v) is 18.8. The fourth-order valence-electron chi connectivity index (χ4n) is 11.8. The van der Waals surface area contributed by atoms with Gasteiger partial charge in [-0.1, -0.05) is 193 Å². The average Bonchev–Trinajstić information content (AvgIpc) is 3.74. The molecule has 0 atom stereocenters. The van der Waals surface area contributed by atoms with Gasteiger partial charge in [0.05, 0.1) is 0 Å². The molecule has 0 saturated heterocycles. The van der Waals surface area contributed by atoms with E-state index in [2.05, 4.69) is 211 Å². The molecule has 282 valence electrons. The van der Waals surface area contributed by atoms with Crippen LogP contribution in [0.5, 0.6) is 0 Å². The molecule has 9 aromatic carbocycles. The quantitative estimate of drug-likeness (QED) is 0.158. The predicted octanol–water partition coefficient (Wildman–Crippen LogP) is 15.9. The number of hydrogen-bond acceptors (Lipinski definition) is 0. The third-order valence-corrected chi connectivity index (χ3v) is 14.6. The fraction of sp³-hybridized carbons (Fsp3) is 0.153. The van der Waals surface area contributed by atoms with Crippen molar-refractivity contribution in [2.75, 3.05) is 0 Å². The molecule has 0 heteroatoms. The zero-order valence-corrected chi connectivity index (χ0v) is 34.7. The van der Waals surface area contributed by atoms with Gasteiger partial charge >= 0.3 is 0 Å². The highest BCUT2D eigenvalue weighted by Gasteiger charge is 2.45. The molecular weight excluding hydrogens is 709 g/mol. The van der Waals surface area contributed by atoms with Gasteiger partial charge in [0.2, 0.25) is 0 Å². The van der Waals surface area contributed by atoms with Gasteiger partial charge in [0, 0.05) is 16.2 Å². The van der Waals surface area contributed by atoms with Crippen molar-refractivity contribution in [1.29, 1.82) is 0 Å². The number of hydrogen-bond donors (Lipinski definition) is 0. The maximum atomic E-state index is 2.55.